The van der Waals surface area contributed by atoms with Crippen molar-refractivity contribution in [3.05, 3.63) is 52.7 Å². The minimum atomic E-state index is -0.359. The van der Waals surface area contributed by atoms with Crippen molar-refractivity contribution in [1.82, 2.24) is 9.97 Å². The molecule has 3 N–H and O–H groups in total. The van der Waals surface area contributed by atoms with Crippen LogP contribution in [0.1, 0.15) is 0 Å². The summed E-state index contributed by atoms with van der Waals surface area (Å²) in [4.78, 5) is 20.0. The number of H-pyrrole nitrogens is 1. The Kier molecular flexibility index (Phi) is 2.21. The van der Waals surface area contributed by atoms with Gasteiger partial charge in [0.15, 0.2) is 0 Å². The van der Waals surface area contributed by atoms with E-state index in [-0.39, 0.29) is 27.8 Å². The molecule has 0 unspecified atom stereocenters. The first-order valence-electron chi connectivity index (χ1n) is 6.41. The Morgan fingerprint density at radius 1 is 1.00 bits per heavy atom. The number of hydrogen-bond donors (Lipinski definition) is 3. The van der Waals surface area contributed by atoms with Crippen molar-refractivity contribution in [2.24, 2.45) is 0 Å². The molecule has 0 saturated heterocycles. The SMILES string of the molecule is O=c1c2nc3ccccc3cc2[nH]c2cc(O)cc(O)c12. The molecule has 0 bridgehead atoms. The van der Waals surface area contributed by atoms with Gasteiger partial charge in [-0.2, -0.15) is 0 Å². The Balaban J connectivity index is 2.28. The molecule has 4 aromatic rings. The van der Waals surface area contributed by atoms with Crippen LogP contribution < -0.4 is 5.43 Å². The average Bonchev–Trinajstić information content (AvgIpc) is 2.45. The summed E-state index contributed by atoms with van der Waals surface area (Å²) < 4.78 is 0. The zero-order chi connectivity index (χ0) is 14.6. The molecule has 0 atom stereocenters. The molecule has 0 aliphatic rings. The van der Waals surface area contributed by atoms with Gasteiger partial charge in [-0.3, -0.25) is 4.79 Å². The Bertz CT molecular complexity index is 1080. The van der Waals surface area contributed by atoms with Crippen molar-refractivity contribution in [2.45, 2.75) is 0 Å². The molecule has 0 aliphatic carbocycles. The van der Waals surface area contributed by atoms with Gasteiger partial charge in [0.2, 0.25) is 5.43 Å². The lowest BCUT2D eigenvalue weighted by Gasteiger charge is -2.06. The van der Waals surface area contributed by atoms with E-state index in [1.807, 2.05) is 30.3 Å². The van der Waals surface area contributed by atoms with Crippen molar-refractivity contribution in [3.63, 3.8) is 0 Å². The number of nitrogens with zero attached hydrogens (tertiary/aromatic N) is 1. The lowest BCUT2D eigenvalue weighted by atomic mass is 10.1. The van der Waals surface area contributed by atoms with Crippen LogP contribution in [0.3, 0.4) is 0 Å². The third-order valence-corrected chi connectivity index (χ3v) is 3.54. The van der Waals surface area contributed by atoms with Crippen LogP contribution in [0, 0.1) is 0 Å². The number of aromatic amines is 1. The molecule has 4 rings (SSSR count). The molecule has 0 amide bonds. The van der Waals surface area contributed by atoms with Crippen molar-refractivity contribution in [2.75, 3.05) is 0 Å². The second kappa shape index (κ2) is 3.96. The first-order chi connectivity index (χ1) is 10.1. The first kappa shape index (κ1) is 11.7. The van der Waals surface area contributed by atoms with Gasteiger partial charge < -0.3 is 15.2 Å². The van der Waals surface area contributed by atoms with Crippen LogP contribution in [-0.4, -0.2) is 20.2 Å². The van der Waals surface area contributed by atoms with E-state index in [0.29, 0.717) is 16.6 Å². The summed E-state index contributed by atoms with van der Waals surface area (Å²) in [6.45, 7) is 0. The number of para-hydroxylation sites is 1. The molecular formula is C16H10N2O3. The van der Waals surface area contributed by atoms with Gasteiger partial charge in [0.1, 0.15) is 17.0 Å². The van der Waals surface area contributed by atoms with Crippen molar-refractivity contribution in [1.29, 1.82) is 0 Å². The number of aromatic hydroxyl groups is 2. The predicted octanol–water partition coefficient (Wildman–Crippen LogP) is 2.64. The standard InChI is InChI=1S/C16H10N2O3/c19-9-6-11-14(13(20)7-9)16(21)15-12(17-11)5-8-3-1-2-4-10(8)18-15/h1-7,19-20H,(H,17,21). The lowest BCUT2D eigenvalue weighted by molar-refractivity contribution is 0.455. The van der Waals surface area contributed by atoms with Crippen LogP contribution in [0.25, 0.3) is 32.8 Å². The fraction of sp³-hybridized carbons (Fsp3) is 0. The number of phenolic OH excluding ortho intramolecular Hbond substituents is 2. The van der Waals surface area contributed by atoms with Gasteiger partial charge in [-0.05, 0) is 12.1 Å². The van der Waals surface area contributed by atoms with Gasteiger partial charge in [-0.15, -0.1) is 0 Å². The van der Waals surface area contributed by atoms with Crippen LogP contribution in [0.2, 0.25) is 0 Å². The Morgan fingerprint density at radius 2 is 1.81 bits per heavy atom. The topological polar surface area (TPSA) is 86.2 Å². The van der Waals surface area contributed by atoms with Crippen LogP contribution in [0.4, 0.5) is 0 Å². The van der Waals surface area contributed by atoms with E-state index in [0.717, 1.165) is 11.5 Å². The number of rotatable bonds is 0. The fourth-order valence-corrected chi connectivity index (χ4v) is 2.60. The average molecular weight is 278 g/mol. The highest BCUT2D eigenvalue weighted by atomic mass is 16.3. The summed E-state index contributed by atoms with van der Waals surface area (Å²) in [7, 11) is 0. The minimum Gasteiger partial charge on any atom is -0.508 e. The highest BCUT2D eigenvalue weighted by Gasteiger charge is 2.12. The summed E-state index contributed by atoms with van der Waals surface area (Å²) in [6.07, 6.45) is 0. The molecule has 0 radical (unpaired) electrons. The highest BCUT2D eigenvalue weighted by Crippen LogP contribution is 2.28. The van der Waals surface area contributed by atoms with Gasteiger partial charge in [-0.1, -0.05) is 18.2 Å². The maximum Gasteiger partial charge on any atom is 0.219 e. The monoisotopic (exact) mass is 278 g/mol. The van der Waals surface area contributed by atoms with Crippen LogP contribution in [0.15, 0.2) is 47.3 Å². The van der Waals surface area contributed by atoms with Crippen LogP contribution >= 0.6 is 0 Å². The van der Waals surface area contributed by atoms with Crippen molar-refractivity contribution < 1.29 is 10.2 Å². The summed E-state index contributed by atoms with van der Waals surface area (Å²) in [5.74, 6) is -0.369. The summed E-state index contributed by atoms with van der Waals surface area (Å²) in [6, 6.07) is 11.9. The molecule has 0 aliphatic heterocycles. The Labute approximate surface area is 118 Å². The first-order valence-corrected chi connectivity index (χ1v) is 6.41. The van der Waals surface area contributed by atoms with E-state index in [1.54, 1.807) is 0 Å². The van der Waals surface area contributed by atoms with Crippen molar-refractivity contribution >= 4 is 32.8 Å². The summed E-state index contributed by atoms with van der Waals surface area (Å²) >= 11 is 0. The molecule has 102 valence electrons. The zero-order valence-electron chi connectivity index (χ0n) is 10.8. The molecule has 0 saturated carbocycles. The second-order valence-corrected chi connectivity index (χ2v) is 4.92. The maximum atomic E-state index is 12.5. The number of fused-ring (bicyclic) bond motifs is 3. The minimum absolute atomic E-state index is 0.108. The summed E-state index contributed by atoms with van der Waals surface area (Å²) in [5.41, 5.74) is 1.57. The number of hydrogen-bond acceptors (Lipinski definition) is 4. The zero-order valence-corrected chi connectivity index (χ0v) is 10.8. The Hall–Kier alpha value is -3.08. The molecule has 0 spiro atoms. The van der Waals surface area contributed by atoms with Crippen LogP contribution in [-0.2, 0) is 0 Å². The van der Waals surface area contributed by atoms with E-state index in [4.69, 9.17) is 0 Å². The number of pyridine rings is 2. The molecule has 0 fully saturated rings. The number of aromatic nitrogens is 2. The van der Waals surface area contributed by atoms with E-state index in [9.17, 15) is 15.0 Å². The number of phenols is 2. The molecule has 2 aromatic heterocycles. The van der Waals surface area contributed by atoms with E-state index < -0.39 is 0 Å². The molecule has 21 heavy (non-hydrogen) atoms. The second-order valence-electron chi connectivity index (χ2n) is 4.92. The number of benzene rings is 2. The van der Waals surface area contributed by atoms with Gasteiger partial charge in [-0.25, -0.2) is 4.98 Å². The van der Waals surface area contributed by atoms with E-state index >= 15 is 0 Å². The van der Waals surface area contributed by atoms with Gasteiger partial charge in [0.25, 0.3) is 0 Å². The third-order valence-electron chi connectivity index (χ3n) is 3.54. The molecule has 5 nitrogen and oxygen atoms in total. The fourth-order valence-electron chi connectivity index (χ4n) is 2.60. The van der Waals surface area contributed by atoms with E-state index in [2.05, 4.69) is 9.97 Å². The summed E-state index contributed by atoms with van der Waals surface area (Å²) in [5, 5.41) is 20.5. The highest BCUT2D eigenvalue weighted by molar-refractivity contribution is 5.98. The molecular weight excluding hydrogens is 268 g/mol. The van der Waals surface area contributed by atoms with Gasteiger partial charge in [0.05, 0.1) is 21.9 Å². The predicted molar refractivity (Wildman–Crippen MR) is 80.7 cm³/mol. The Morgan fingerprint density at radius 3 is 2.67 bits per heavy atom. The molecule has 2 heterocycles. The normalized spacial score (nSPS) is 11.4. The van der Waals surface area contributed by atoms with E-state index in [1.165, 1.54) is 6.07 Å². The quantitative estimate of drug-likeness (QED) is 0.432. The number of nitrogens with one attached hydrogen (secondary N) is 1. The maximum absolute atomic E-state index is 12.5. The van der Waals surface area contributed by atoms with Crippen molar-refractivity contribution in [3.8, 4) is 11.5 Å². The lowest BCUT2D eigenvalue weighted by Crippen LogP contribution is -2.06. The molecule has 5 heteroatoms. The van der Waals surface area contributed by atoms with Gasteiger partial charge >= 0.3 is 0 Å². The third kappa shape index (κ3) is 1.64. The van der Waals surface area contributed by atoms with Gasteiger partial charge in [0, 0.05) is 17.5 Å². The smallest absolute Gasteiger partial charge is 0.219 e. The molecule has 2 aromatic carbocycles. The largest absolute Gasteiger partial charge is 0.508 e. The van der Waals surface area contributed by atoms with Crippen LogP contribution in [0.5, 0.6) is 11.5 Å².